The van der Waals surface area contributed by atoms with Crippen molar-refractivity contribution in [2.24, 2.45) is 0 Å². The molecule has 0 saturated carbocycles. The summed E-state index contributed by atoms with van der Waals surface area (Å²) in [5.74, 6) is -0.464. The Bertz CT molecular complexity index is 792. The molecule has 0 bridgehead atoms. The highest BCUT2D eigenvalue weighted by molar-refractivity contribution is 5.95. The third-order valence-electron chi connectivity index (χ3n) is 3.32. The quantitative estimate of drug-likeness (QED) is 0.880. The van der Waals surface area contributed by atoms with Crippen LogP contribution in [0.2, 0.25) is 0 Å². The molecule has 0 unspecified atom stereocenters. The molecule has 6 nitrogen and oxygen atoms in total. The molecule has 2 aromatic rings. The molecule has 0 radical (unpaired) electrons. The molecule has 0 saturated heterocycles. The summed E-state index contributed by atoms with van der Waals surface area (Å²) >= 11 is 0. The molecule has 0 aliphatic rings. The zero-order valence-corrected chi connectivity index (χ0v) is 14.0. The Balaban J connectivity index is 1.99. The summed E-state index contributed by atoms with van der Waals surface area (Å²) in [7, 11) is 0. The van der Waals surface area contributed by atoms with Gasteiger partial charge in [-0.2, -0.15) is 0 Å². The third-order valence-corrected chi connectivity index (χ3v) is 3.32. The van der Waals surface area contributed by atoms with Crippen molar-refractivity contribution in [3.63, 3.8) is 0 Å². The van der Waals surface area contributed by atoms with Crippen molar-refractivity contribution >= 4 is 17.5 Å². The van der Waals surface area contributed by atoms with Gasteiger partial charge in [0.05, 0.1) is 0 Å². The Morgan fingerprint density at radius 3 is 2.38 bits per heavy atom. The molecule has 24 heavy (non-hydrogen) atoms. The van der Waals surface area contributed by atoms with Crippen molar-refractivity contribution < 1.29 is 9.59 Å². The topological polar surface area (TPSA) is 80.2 Å². The predicted octanol–water partition coefficient (Wildman–Crippen LogP) is 1.93. The first-order chi connectivity index (χ1) is 11.3. The molecular weight excluding hydrogens is 306 g/mol. The summed E-state index contributed by atoms with van der Waals surface area (Å²) in [5, 5.41) is 5.51. The molecule has 0 aliphatic carbocycles. The number of hydrogen-bond donors (Lipinski definition) is 2. The maximum Gasteiger partial charge on any atom is 0.251 e. The van der Waals surface area contributed by atoms with Crippen molar-refractivity contribution in [1.82, 2.24) is 9.88 Å². The van der Waals surface area contributed by atoms with Crippen LogP contribution in [0.4, 0.5) is 5.69 Å². The van der Waals surface area contributed by atoms with E-state index in [9.17, 15) is 14.4 Å². The van der Waals surface area contributed by atoms with Gasteiger partial charge in [0.15, 0.2) is 0 Å². The summed E-state index contributed by atoms with van der Waals surface area (Å²) in [6.07, 6.45) is 1.59. The lowest BCUT2D eigenvalue weighted by Gasteiger charge is -2.10. The van der Waals surface area contributed by atoms with Gasteiger partial charge in [0.1, 0.15) is 6.54 Å². The largest absolute Gasteiger partial charge is 0.350 e. The summed E-state index contributed by atoms with van der Waals surface area (Å²) in [6, 6.07) is 9.92. The van der Waals surface area contributed by atoms with Crippen LogP contribution in [0.1, 0.15) is 29.8 Å². The summed E-state index contributed by atoms with van der Waals surface area (Å²) < 4.78 is 1.34. The Hall–Kier alpha value is -2.89. The minimum absolute atomic E-state index is 0.0599. The fourth-order valence-electron chi connectivity index (χ4n) is 2.14. The first kappa shape index (κ1) is 17.5. The lowest BCUT2D eigenvalue weighted by molar-refractivity contribution is -0.116. The number of carbonyl (C=O) groups excluding carboxylic acids is 2. The van der Waals surface area contributed by atoms with Crippen LogP contribution < -0.4 is 16.2 Å². The molecular formula is C18H21N3O3. The molecule has 2 N–H and O–H groups in total. The second-order valence-corrected chi connectivity index (χ2v) is 5.92. The van der Waals surface area contributed by atoms with Crippen LogP contribution in [0, 0.1) is 6.92 Å². The minimum atomic E-state index is -0.305. The average molecular weight is 327 g/mol. The standard InChI is InChI=1S/C18H21N3O3/c1-12(2)19-18(24)14-4-6-15(7-5-14)20-16(22)11-21-9-8-13(3)10-17(21)23/h4-10,12H,11H2,1-3H3,(H,19,24)(H,20,22). The monoisotopic (exact) mass is 327 g/mol. The van der Waals surface area contributed by atoms with Crippen molar-refractivity contribution in [2.75, 3.05) is 5.32 Å². The van der Waals surface area contributed by atoms with Crippen molar-refractivity contribution in [3.05, 3.63) is 64.1 Å². The van der Waals surface area contributed by atoms with Gasteiger partial charge in [0.2, 0.25) is 5.91 Å². The molecule has 2 amide bonds. The zero-order valence-electron chi connectivity index (χ0n) is 14.0. The number of amides is 2. The number of rotatable bonds is 5. The Labute approximate surface area is 140 Å². The average Bonchev–Trinajstić information content (AvgIpc) is 2.50. The van der Waals surface area contributed by atoms with Crippen LogP contribution in [0.5, 0.6) is 0 Å². The van der Waals surface area contributed by atoms with Gasteiger partial charge < -0.3 is 15.2 Å². The van der Waals surface area contributed by atoms with E-state index in [-0.39, 0.29) is 30.0 Å². The molecule has 0 spiro atoms. The fourth-order valence-corrected chi connectivity index (χ4v) is 2.14. The smallest absolute Gasteiger partial charge is 0.251 e. The Kier molecular flexibility index (Phi) is 5.52. The second kappa shape index (κ2) is 7.59. The van der Waals surface area contributed by atoms with Crippen LogP contribution in [-0.2, 0) is 11.3 Å². The molecule has 0 aliphatic heterocycles. The lowest BCUT2D eigenvalue weighted by atomic mass is 10.2. The van der Waals surface area contributed by atoms with E-state index in [2.05, 4.69) is 10.6 Å². The second-order valence-electron chi connectivity index (χ2n) is 5.92. The summed E-state index contributed by atoms with van der Waals surface area (Å²) in [4.78, 5) is 35.7. The highest BCUT2D eigenvalue weighted by Crippen LogP contribution is 2.10. The number of hydrogen-bond acceptors (Lipinski definition) is 3. The molecule has 126 valence electrons. The van der Waals surface area contributed by atoms with Crippen molar-refractivity contribution in [3.8, 4) is 0 Å². The normalized spacial score (nSPS) is 10.5. The number of pyridine rings is 1. The zero-order chi connectivity index (χ0) is 17.7. The first-order valence-electron chi connectivity index (χ1n) is 7.73. The van der Waals surface area contributed by atoms with Crippen molar-refractivity contribution in [2.45, 2.75) is 33.4 Å². The number of carbonyl (C=O) groups is 2. The number of aryl methyl sites for hydroxylation is 1. The van der Waals surface area contributed by atoms with Gasteiger partial charge in [-0.25, -0.2) is 0 Å². The summed E-state index contributed by atoms with van der Waals surface area (Å²) in [5.41, 5.74) is 1.73. The number of benzene rings is 1. The van der Waals surface area contributed by atoms with Gasteiger partial charge in [0, 0.05) is 29.6 Å². The molecule has 1 heterocycles. The van der Waals surface area contributed by atoms with E-state index < -0.39 is 0 Å². The number of aromatic nitrogens is 1. The van der Waals surface area contributed by atoms with E-state index in [1.54, 1.807) is 36.5 Å². The Morgan fingerprint density at radius 1 is 1.12 bits per heavy atom. The Morgan fingerprint density at radius 2 is 1.79 bits per heavy atom. The van der Waals surface area contributed by atoms with E-state index >= 15 is 0 Å². The van der Waals surface area contributed by atoms with Crippen LogP contribution in [0.15, 0.2) is 47.4 Å². The third kappa shape index (κ3) is 4.81. The molecule has 1 aromatic carbocycles. The van der Waals surface area contributed by atoms with Crippen LogP contribution in [0.25, 0.3) is 0 Å². The van der Waals surface area contributed by atoms with E-state index in [0.29, 0.717) is 11.3 Å². The number of anilines is 1. The van der Waals surface area contributed by atoms with E-state index in [0.717, 1.165) is 5.56 Å². The lowest BCUT2D eigenvalue weighted by Crippen LogP contribution is -2.30. The highest BCUT2D eigenvalue weighted by atomic mass is 16.2. The predicted molar refractivity (Wildman–Crippen MR) is 93.1 cm³/mol. The minimum Gasteiger partial charge on any atom is -0.350 e. The van der Waals surface area contributed by atoms with Crippen LogP contribution >= 0.6 is 0 Å². The van der Waals surface area contributed by atoms with Crippen LogP contribution in [-0.4, -0.2) is 22.4 Å². The molecule has 6 heteroatoms. The molecule has 0 fully saturated rings. The molecule has 0 atom stereocenters. The van der Waals surface area contributed by atoms with Gasteiger partial charge in [0.25, 0.3) is 11.5 Å². The number of nitrogens with one attached hydrogen (secondary N) is 2. The maximum absolute atomic E-state index is 12.0. The van der Waals surface area contributed by atoms with Gasteiger partial charge in [-0.1, -0.05) is 0 Å². The van der Waals surface area contributed by atoms with Gasteiger partial charge >= 0.3 is 0 Å². The van der Waals surface area contributed by atoms with Gasteiger partial charge in [-0.15, -0.1) is 0 Å². The molecule has 2 rings (SSSR count). The van der Waals surface area contributed by atoms with Crippen LogP contribution in [0.3, 0.4) is 0 Å². The van der Waals surface area contributed by atoms with Gasteiger partial charge in [-0.3, -0.25) is 14.4 Å². The number of nitrogens with zero attached hydrogens (tertiary/aromatic N) is 1. The molecule has 1 aromatic heterocycles. The first-order valence-corrected chi connectivity index (χ1v) is 7.73. The van der Waals surface area contributed by atoms with Gasteiger partial charge in [-0.05, 0) is 56.7 Å². The SMILES string of the molecule is Cc1ccn(CC(=O)Nc2ccc(C(=O)NC(C)C)cc2)c(=O)c1. The fraction of sp³-hybridized carbons (Fsp3) is 0.278. The summed E-state index contributed by atoms with van der Waals surface area (Å²) in [6.45, 7) is 5.54. The van der Waals surface area contributed by atoms with Crippen molar-refractivity contribution in [1.29, 1.82) is 0 Å². The maximum atomic E-state index is 12.0. The van der Waals surface area contributed by atoms with E-state index in [1.807, 2.05) is 20.8 Å². The highest BCUT2D eigenvalue weighted by Gasteiger charge is 2.08. The van der Waals surface area contributed by atoms with E-state index in [1.165, 1.54) is 10.6 Å². The van der Waals surface area contributed by atoms with E-state index in [4.69, 9.17) is 0 Å².